The van der Waals surface area contributed by atoms with Crippen LogP contribution in [0, 0.1) is 0 Å². The second-order valence-corrected chi connectivity index (χ2v) is 5.82. The van der Waals surface area contributed by atoms with Gasteiger partial charge in [0.1, 0.15) is 5.70 Å². The summed E-state index contributed by atoms with van der Waals surface area (Å²) in [5.41, 5.74) is 1.25. The lowest BCUT2D eigenvalue weighted by atomic mass is 10.1. The van der Waals surface area contributed by atoms with Gasteiger partial charge < -0.3 is 10.1 Å². The van der Waals surface area contributed by atoms with E-state index in [1.807, 2.05) is 6.07 Å². The van der Waals surface area contributed by atoms with Crippen molar-refractivity contribution in [3.8, 4) is 0 Å². The Labute approximate surface area is 146 Å². The number of rotatable bonds is 5. The monoisotopic (exact) mass is 343 g/mol. The van der Waals surface area contributed by atoms with Gasteiger partial charge in [-0.25, -0.2) is 4.79 Å². The third kappa shape index (κ3) is 5.25. The summed E-state index contributed by atoms with van der Waals surface area (Å²) in [6.07, 6.45) is 1.27. The maximum Gasteiger partial charge on any atom is 0.355 e. The molecular formula is C19H18ClNO3. The van der Waals surface area contributed by atoms with Crippen LogP contribution in [0.3, 0.4) is 0 Å². The number of carbonyl (C=O) groups excluding carboxylic acids is 2. The summed E-state index contributed by atoms with van der Waals surface area (Å²) < 4.78 is 5.20. The van der Waals surface area contributed by atoms with E-state index in [0.717, 1.165) is 5.56 Å². The highest BCUT2D eigenvalue weighted by Crippen LogP contribution is 2.13. The van der Waals surface area contributed by atoms with E-state index in [4.69, 9.17) is 16.3 Å². The third-order valence-electron chi connectivity index (χ3n) is 3.03. The molecule has 0 saturated carbocycles. The molecule has 124 valence electrons. The first-order chi connectivity index (χ1) is 11.5. The van der Waals surface area contributed by atoms with Crippen LogP contribution in [0.25, 0.3) is 6.08 Å². The Bertz CT molecular complexity index is 737. The standard InChI is InChI=1S/C19H18ClNO3/c1-13(2)24-19(23)17(12-14-8-10-16(20)11-9-14)21-18(22)15-6-4-3-5-7-15/h3-13H,1-2H3,(H,21,22)/b17-12-. The minimum Gasteiger partial charge on any atom is -0.458 e. The predicted octanol–water partition coefficient (Wildman–Crippen LogP) is 4.06. The highest BCUT2D eigenvalue weighted by Gasteiger charge is 2.17. The first-order valence-corrected chi connectivity index (χ1v) is 7.88. The molecule has 1 N–H and O–H groups in total. The molecule has 0 aromatic heterocycles. The number of carbonyl (C=O) groups is 2. The molecule has 0 saturated heterocycles. The normalized spacial score (nSPS) is 11.2. The first-order valence-electron chi connectivity index (χ1n) is 7.50. The number of nitrogens with one attached hydrogen (secondary N) is 1. The van der Waals surface area contributed by atoms with Crippen LogP contribution in [0.5, 0.6) is 0 Å². The summed E-state index contributed by atoms with van der Waals surface area (Å²) in [7, 11) is 0. The second kappa shape index (κ2) is 8.31. The van der Waals surface area contributed by atoms with E-state index in [-0.39, 0.29) is 17.7 Å². The van der Waals surface area contributed by atoms with Gasteiger partial charge >= 0.3 is 5.97 Å². The molecule has 0 aliphatic carbocycles. The molecule has 0 atom stereocenters. The number of ether oxygens (including phenoxy) is 1. The van der Waals surface area contributed by atoms with Gasteiger partial charge in [0.15, 0.2) is 0 Å². The van der Waals surface area contributed by atoms with Crippen molar-refractivity contribution in [1.82, 2.24) is 5.32 Å². The lowest BCUT2D eigenvalue weighted by molar-refractivity contribution is -0.142. The van der Waals surface area contributed by atoms with Crippen LogP contribution in [0.15, 0.2) is 60.3 Å². The Morgan fingerprint density at radius 1 is 1.04 bits per heavy atom. The zero-order valence-corrected chi connectivity index (χ0v) is 14.2. The molecule has 1 amide bonds. The molecule has 0 aliphatic rings. The molecular weight excluding hydrogens is 326 g/mol. The quantitative estimate of drug-likeness (QED) is 0.658. The lowest BCUT2D eigenvalue weighted by Crippen LogP contribution is -2.29. The Morgan fingerprint density at radius 3 is 2.25 bits per heavy atom. The summed E-state index contributed by atoms with van der Waals surface area (Å²) in [6.45, 7) is 3.49. The topological polar surface area (TPSA) is 55.4 Å². The Hall–Kier alpha value is -2.59. The van der Waals surface area contributed by atoms with Crippen molar-refractivity contribution in [2.45, 2.75) is 20.0 Å². The average Bonchev–Trinajstić information content (AvgIpc) is 2.56. The van der Waals surface area contributed by atoms with Crippen LogP contribution < -0.4 is 5.32 Å². The number of esters is 1. The maximum atomic E-state index is 12.3. The molecule has 0 fully saturated rings. The summed E-state index contributed by atoms with van der Waals surface area (Å²) in [5, 5.41) is 3.21. The molecule has 0 unspecified atom stereocenters. The van der Waals surface area contributed by atoms with E-state index >= 15 is 0 Å². The van der Waals surface area contributed by atoms with Crippen molar-refractivity contribution < 1.29 is 14.3 Å². The Morgan fingerprint density at radius 2 is 1.67 bits per heavy atom. The van der Waals surface area contributed by atoms with Crippen molar-refractivity contribution >= 4 is 29.6 Å². The van der Waals surface area contributed by atoms with Gasteiger partial charge in [-0.3, -0.25) is 4.79 Å². The maximum absolute atomic E-state index is 12.3. The average molecular weight is 344 g/mol. The van der Waals surface area contributed by atoms with E-state index in [9.17, 15) is 9.59 Å². The number of hydrogen-bond acceptors (Lipinski definition) is 3. The van der Waals surface area contributed by atoms with E-state index in [1.54, 1.807) is 68.5 Å². The zero-order chi connectivity index (χ0) is 17.5. The van der Waals surface area contributed by atoms with E-state index in [0.29, 0.717) is 10.6 Å². The number of halogens is 1. The molecule has 2 rings (SSSR count). The van der Waals surface area contributed by atoms with Gasteiger partial charge in [0.25, 0.3) is 5.91 Å². The molecule has 0 heterocycles. The molecule has 2 aromatic rings. The highest BCUT2D eigenvalue weighted by atomic mass is 35.5. The van der Waals surface area contributed by atoms with Crippen LogP contribution in [0.4, 0.5) is 0 Å². The molecule has 0 radical (unpaired) electrons. The van der Waals surface area contributed by atoms with Crippen LogP contribution in [0.2, 0.25) is 5.02 Å². The molecule has 24 heavy (non-hydrogen) atoms. The molecule has 4 nitrogen and oxygen atoms in total. The van der Waals surface area contributed by atoms with Crippen LogP contribution in [-0.4, -0.2) is 18.0 Å². The van der Waals surface area contributed by atoms with Gasteiger partial charge in [-0.15, -0.1) is 0 Å². The smallest absolute Gasteiger partial charge is 0.355 e. The summed E-state index contributed by atoms with van der Waals surface area (Å²) >= 11 is 5.86. The largest absolute Gasteiger partial charge is 0.458 e. The minimum absolute atomic E-state index is 0.0693. The van der Waals surface area contributed by atoms with Gasteiger partial charge in [0, 0.05) is 10.6 Å². The predicted molar refractivity (Wildman–Crippen MR) is 94.6 cm³/mol. The summed E-state index contributed by atoms with van der Waals surface area (Å²) in [4.78, 5) is 24.6. The minimum atomic E-state index is -0.593. The van der Waals surface area contributed by atoms with Crippen molar-refractivity contribution in [2.75, 3.05) is 0 Å². The molecule has 0 spiro atoms. The Balaban J connectivity index is 2.27. The number of benzene rings is 2. The van der Waals surface area contributed by atoms with Crippen LogP contribution in [-0.2, 0) is 9.53 Å². The molecule has 0 bridgehead atoms. The van der Waals surface area contributed by atoms with E-state index in [1.165, 1.54) is 0 Å². The molecule has 5 heteroatoms. The van der Waals surface area contributed by atoms with Crippen molar-refractivity contribution in [3.63, 3.8) is 0 Å². The van der Waals surface area contributed by atoms with Crippen LogP contribution in [0.1, 0.15) is 29.8 Å². The van der Waals surface area contributed by atoms with Gasteiger partial charge in [-0.2, -0.15) is 0 Å². The Kier molecular flexibility index (Phi) is 6.15. The highest BCUT2D eigenvalue weighted by molar-refractivity contribution is 6.30. The number of hydrogen-bond donors (Lipinski definition) is 1. The number of amides is 1. The fourth-order valence-corrected chi connectivity index (χ4v) is 2.06. The van der Waals surface area contributed by atoms with Gasteiger partial charge in [-0.05, 0) is 49.8 Å². The van der Waals surface area contributed by atoms with Crippen molar-refractivity contribution in [2.24, 2.45) is 0 Å². The van der Waals surface area contributed by atoms with Gasteiger partial charge in [-0.1, -0.05) is 41.9 Å². The van der Waals surface area contributed by atoms with Gasteiger partial charge in [0.05, 0.1) is 6.10 Å². The lowest BCUT2D eigenvalue weighted by Gasteiger charge is -2.12. The van der Waals surface area contributed by atoms with Crippen molar-refractivity contribution in [1.29, 1.82) is 0 Å². The first kappa shape index (κ1) is 17.8. The summed E-state index contributed by atoms with van der Waals surface area (Å²) in [5.74, 6) is -0.972. The fraction of sp³-hybridized carbons (Fsp3) is 0.158. The fourth-order valence-electron chi connectivity index (χ4n) is 1.93. The zero-order valence-electron chi connectivity index (χ0n) is 13.5. The van der Waals surface area contributed by atoms with Crippen LogP contribution >= 0.6 is 11.6 Å². The van der Waals surface area contributed by atoms with E-state index < -0.39 is 5.97 Å². The SMILES string of the molecule is CC(C)OC(=O)/C(=C/c1ccc(Cl)cc1)NC(=O)c1ccccc1. The van der Waals surface area contributed by atoms with E-state index in [2.05, 4.69) is 5.32 Å². The third-order valence-corrected chi connectivity index (χ3v) is 3.28. The molecule has 0 aliphatic heterocycles. The van der Waals surface area contributed by atoms with Gasteiger partial charge in [0.2, 0.25) is 0 Å². The molecule has 2 aromatic carbocycles. The second-order valence-electron chi connectivity index (χ2n) is 5.38. The summed E-state index contributed by atoms with van der Waals surface area (Å²) in [6, 6.07) is 15.6. The van der Waals surface area contributed by atoms with Crippen molar-refractivity contribution in [3.05, 3.63) is 76.4 Å².